The van der Waals surface area contributed by atoms with Gasteiger partial charge in [-0.2, -0.15) is 5.26 Å². The fourth-order valence-corrected chi connectivity index (χ4v) is 4.11. The molecule has 2 nitrogen and oxygen atoms in total. The second-order valence-electron chi connectivity index (χ2n) is 8.16. The fraction of sp³-hybridized carbons (Fsp3) is 0.160. The van der Waals surface area contributed by atoms with E-state index in [1.54, 1.807) is 0 Å². The van der Waals surface area contributed by atoms with Crippen LogP contribution >= 0.6 is 0 Å². The Hall–Kier alpha value is -3.27. The Bertz CT molecular complexity index is 1320. The molecule has 0 atom stereocenters. The minimum atomic E-state index is -1.53. The van der Waals surface area contributed by atoms with Crippen molar-refractivity contribution in [1.82, 2.24) is 4.57 Å². The van der Waals surface area contributed by atoms with E-state index in [9.17, 15) is 5.26 Å². The van der Waals surface area contributed by atoms with Crippen molar-refractivity contribution in [2.24, 2.45) is 0 Å². The van der Waals surface area contributed by atoms with Crippen molar-refractivity contribution in [3.05, 3.63) is 77.4 Å². The number of fused-ring (bicyclic) bond motifs is 3. The van der Waals surface area contributed by atoms with Crippen molar-refractivity contribution in [1.29, 1.82) is 5.26 Å². The summed E-state index contributed by atoms with van der Waals surface area (Å²) in [6.07, 6.45) is 0. The van der Waals surface area contributed by atoms with Crippen molar-refractivity contribution in [3.63, 3.8) is 0 Å². The molecule has 0 aliphatic rings. The van der Waals surface area contributed by atoms with Crippen LogP contribution < -0.4 is 0 Å². The standard InChI is InChI=1S/C25H22N2Si/c1-18-8-7-11-24-25(18)22-9-5-6-10-23(22)27(24)21-13-12-20(17-26)19(16-21)14-15-28(2,3)4/h5-13,16H,1-4H3. The first-order valence-corrected chi connectivity index (χ1v) is 13.0. The van der Waals surface area contributed by atoms with Gasteiger partial charge in [0.25, 0.3) is 0 Å². The highest BCUT2D eigenvalue weighted by molar-refractivity contribution is 6.83. The number of hydrogen-bond donors (Lipinski definition) is 0. The summed E-state index contributed by atoms with van der Waals surface area (Å²) in [5, 5.41) is 12.1. The van der Waals surface area contributed by atoms with Crippen molar-refractivity contribution in [3.8, 4) is 23.2 Å². The largest absolute Gasteiger partial charge is 0.309 e. The second kappa shape index (κ2) is 6.71. The predicted molar refractivity (Wildman–Crippen MR) is 120 cm³/mol. The van der Waals surface area contributed by atoms with Crippen molar-refractivity contribution in [2.75, 3.05) is 0 Å². The Morgan fingerprint density at radius 2 is 1.61 bits per heavy atom. The maximum atomic E-state index is 9.54. The van der Waals surface area contributed by atoms with E-state index in [1.807, 2.05) is 12.1 Å². The van der Waals surface area contributed by atoms with E-state index in [0.29, 0.717) is 5.56 Å². The highest BCUT2D eigenvalue weighted by Crippen LogP contribution is 2.34. The maximum absolute atomic E-state index is 9.54. The summed E-state index contributed by atoms with van der Waals surface area (Å²) >= 11 is 0. The first kappa shape index (κ1) is 18.1. The molecule has 3 aromatic carbocycles. The second-order valence-corrected chi connectivity index (χ2v) is 12.9. The van der Waals surface area contributed by atoms with Gasteiger partial charge < -0.3 is 4.57 Å². The van der Waals surface area contributed by atoms with Crippen LogP contribution in [0.5, 0.6) is 0 Å². The van der Waals surface area contributed by atoms with Gasteiger partial charge in [-0.3, -0.25) is 0 Å². The minimum Gasteiger partial charge on any atom is -0.309 e. The number of nitriles is 1. The number of nitrogens with zero attached hydrogens (tertiary/aromatic N) is 2. The number of benzene rings is 3. The maximum Gasteiger partial charge on any atom is 0.129 e. The van der Waals surface area contributed by atoms with Gasteiger partial charge in [-0.15, -0.1) is 5.54 Å². The summed E-state index contributed by atoms with van der Waals surface area (Å²) in [5.41, 5.74) is 9.48. The molecule has 0 N–H and O–H groups in total. The van der Waals surface area contributed by atoms with Crippen molar-refractivity contribution >= 4 is 29.9 Å². The Morgan fingerprint density at radius 3 is 2.36 bits per heavy atom. The van der Waals surface area contributed by atoms with Crippen LogP contribution in [0.2, 0.25) is 19.6 Å². The monoisotopic (exact) mass is 378 g/mol. The van der Waals surface area contributed by atoms with E-state index in [0.717, 1.165) is 11.3 Å². The zero-order chi connectivity index (χ0) is 19.9. The Balaban J connectivity index is 2.04. The molecule has 1 aromatic heterocycles. The van der Waals surface area contributed by atoms with Gasteiger partial charge in [0.2, 0.25) is 0 Å². The van der Waals surface area contributed by atoms with E-state index in [2.05, 4.69) is 97.2 Å². The predicted octanol–water partition coefficient (Wildman–Crippen LogP) is 6.19. The summed E-state index contributed by atoms with van der Waals surface area (Å²) in [6, 6.07) is 23.2. The SMILES string of the molecule is Cc1cccc2c1c1ccccc1n2-c1ccc(C#N)c(C#C[Si](C)(C)C)c1. The van der Waals surface area contributed by atoms with Crippen LogP contribution in [0.25, 0.3) is 27.5 Å². The van der Waals surface area contributed by atoms with Gasteiger partial charge in [-0.1, -0.05) is 55.9 Å². The molecule has 0 aliphatic heterocycles. The molecule has 0 fully saturated rings. The molecular formula is C25H22N2Si. The highest BCUT2D eigenvalue weighted by atomic mass is 28.3. The fourth-order valence-electron chi connectivity index (χ4n) is 3.60. The molecule has 0 saturated carbocycles. The Labute approximate surface area is 167 Å². The smallest absolute Gasteiger partial charge is 0.129 e. The van der Waals surface area contributed by atoms with Crippen LogP contribution in [0.1, 0.15) is 16.7 Å². The summed E-state index contributed by atoms with van der Waals surface area (Å²) in [4.78, 5) is 0. The average Bonchev–Trinajstić information content (AvgIpc) is 3.01. The Morgan fingerprint density at radius 1 is 0.857 bits per heavy atom. The van der Waals surface area contributed by atoms with Gasteiger partial charge >= 0.3 is 0 Å². The molecule has 3 heteroatoms. The van der Waals surface area contributed by atoms with Crippen LogP contribution in [0.15, 0.2) is 60.7 Å². The summed E-state index contributed by atoms with van der Waals surface area (Å²) in [7, 11) is -1.53. The van der Waals surface area contributed by atoms with Gasteiger partial charge in [0.15, 0.2) is 0 Å². The van der Waals surface area contributed by atoms with Gasteiger partial charge in [0, 0.05) is 22.0 Å². The molecule has 0 bridgehead atoms. The molecule has 0 saturated heterocycles. The third-order valence-corrected chi connectivity index (χ3v) is 5.73. The first-order chi connectivity index (χ1) is 13.4. The molecule has 0 spiro atoms. The van der Waals surface area contributed by atoms with E-state index in [1.165, 1.54) is 27.4 Å². The molecule has 0 amide bonds. The third kappa shape index (κ3) is 3.11. The third-order valence-electron chi connectivity index (χ3n) is 4.86. The molecule has 0 aliphatic carbocycles. The molecule has 0 unspecified atom stereocenters. The zero-order valence-electron chi connectivity index (χ0n) is 16.7. The zero-order valence-corrected chi connectivity index (χ0v) is 17.7. The molecule has 4 rings (SSSR count). The first-order valence-electron chi connectivity index (χ1n) is 9.45. The lowest BCUT2D eigenvalue weighted by atomic mass is 10.1. The van der Waals surface area contributed by atoms with Crippen molar-refractivity contribution in [2.45, 2.75) is 26.6 Å². The van der Waals surface area contributed by atoms with E-state index >= 15 is 0 Å². The number of hydrogen-bond acceptors (Lipinski definition) is 1. The van der Waals surface area contributed by atoms with E-state index in [-0.39, 0.29) is 0 Å². The summed E-state index contributed by atoms with van der Waals surface area (Å²) < 4.78 is 2.28. The summed E-state index contributed by atoms with van der Waals surface area (Å²) in [6.45, 7) is 8.80. The molecule has 28 heavy (non-hydrogen) atoms. The van der Waals surface area contributed by atoms with Crippen LogP contribution in [0.4, 0.5) is 0 Å². The molecular weight excluding hydrogens is 356 g/mol. The molecule has 4 aromatic rings. The minimum absolute atomic E-state index is 0.631. The van der Waals surface area contributed by atoms with Gasteiger partial charge in [-0.05, 0) is 42.8 Å². The quantitative estimate of drug-likeness (QED) is 0.287. The lowest BCUT2D eigenvalue weighted by Gasteiger charge is -2.10. The lowest BCUT2D eigenvalue weighted by Crippen LogP contribution is -2.16. The topological polar surface area (TPSA) is 28.7 Å². The van der Waals surface area contributed by atoms with Gasteiger partial charge in [0.1, 0.15) is 14.1 Å². The van der Waals surface area contributed by atoms with Crippen LogP contribution in [0.3, 0.4) is 0 Å². The van der Waals surface area contributed by atoms with Crippen molar-refractivity contribution < 1.29 is 0 Å². The average molecular weight is 379 g/mol. The number of aryl methyl sites for hydroxylation is 1. The van der Waals surface area contributed by atoms with E-state index in [4.69, 9.17) is 0 Å². The lowest BCUT2D eigenvalue weighted by molar-refractivity contribution is 1.17. The van der Waals surface area contributed by atoms with Crippen LogP contribution in [-0.2, 0) is 0 Å². The summed E-state index contributed by atoms with van der Waals surface area (Å²) in [5.74, 6) is 3.29. The normalized spacial score (nSPS) is 11.2. The van der Waals surface area contributed by atoms with Crippen LogP contribution in [-0.4, -0.2) is 12.6 Å². The molecule has 136 valence electrons. The number of aromatic nitrogens is 1. The van der Waals surface area contributed by atoms with Gasteiger partial charge in [0.05, 0.1) is 16.6 Å². The van der Waals surface area contributed by atoms with E-state index < -0.39 is 8.07 Å². The van der Waals surface area contributed by atoms with Gasteiger partial charge in [-0.25, -0.2) is 0 Å². The highest BCUT2D eigenvalue weighted by Gasteiger charge is 2.14. The van der Waals surface area contributed by atoms with Crippen LogP contribution in [0, 0.1) is 29.7 Å². The molecule has 0 radical (unpaired) electrons. The Kier molecular flexibility index (Phi) is 4.34. The molecule has 1 heterocycles. The number of para-hydroxylation sites is 1. The number of rotatable bonds is 1.